The molecule has 1 unspecified atom stereocenters. The molecular weight excluding hydrogens is 342 g/mol. The standard InChI is InChI=1S/C10H15NO.2H2O4S/c1-8(11-2)7-9-3-5-10(12)6-4-9;2*1-5(2,3)4/h3-6,8,11-12H,7H2,1-2H3;2*(H2,1,2,3,4). The summed E-state index contributed by atoms with van der Waals surface area (Å²) in [6.07, 6.45) is 0.997. The van der Waals surface area contributed by atoms with Crippen LogP contribution in [0, 0.1) is 0 Å². The van der Waals surface area contributed by atoms with Gasteiger partial charge < -0.3 is 10.4 Å². The second-order valence-corrected chi connectivity index (χ2v) is 5.75. The second-order valence-electron chi connectivity index (χ2n) is 3.96. The maximum Gasteiger partial charge on any atom is 0.394 e. The fourth-order valence-electron chi connectivity index (χ4n) is 1.09. The number of benzene rings is 1. The van der Waals surface area contributed by atoms with Gasteiger partial charge in [0, 0.05) is 6.04 Å². The quantitative estimate of drug-likeness (QED) is 0.408. The van der Waals surface area contributed by atoms with Crippen molar-refractivity contribution in [3.05, 3.63) is 29.8 Å². The molecule has 1 aromatic rings. The van der Waals surface area contributed by atoms with Crippen LogP contribution in [0.15, 0.2) is 24.3 Å². The molecule has 0 saturated heterocycles. The summed E-state index contributed by atoms with van der Waals surface area (Å²) >= 11 is 0. The van der Waals surface area contributed by atoms with Gasteiger partial charge in [0.2, 0.25) is 0 Å². The van der Waals surface area contributed by atoms with Crippen LogP contribution in [0.4, 0.5) is 0 Å². The van der Waals surface area contributed by atoms with Crippen LogP contribution < -0.4 is 5.32 Å². The van der Waals surface area contributed by atoms with Crippen molar-refractivity contribution < 1.29 is 40.2 Å². The van der Waals surface area contributed by atoms with Gasteiger partial charge in [0.25, 0.3) is 0 Å². The molecule has 12 heteroatoms. The van der Waals surface area contributed by atoms with E-state index in [1.165, 1.54) is 5.56 Å². The van der Waals surface area contributed by atoms with Crippen molar-refractivity contribution in [3.63, 3.8) is 0 Å². The zero-order chi connectivity index (χ0) is 18.0. The summed E-state index contributed by atoms with van der Waals surface area (Å²) in [5, 5.41) is 12.2. The molecule has 0 aliphatic carbocycles. The van der Waals surface area contributed by atoms with Crippen LogP contribution in [-0.4, -0.2) is 53.2 Å². The van der Waals surface area contributed by atoms with Gasteiger partial charge >= 0.3 is 20.8 Å². The second kappa shape index (κ2) is 10.4. The molecule has 1 rings (SSSR count). The first-order valence-electron chi connectivity index (χ1n) is 5.57. The molecule has 0 heterocycles. The maximum absolute atomic E-state index is 9.03. The Morgan fingerprint density at radius 3 is 1.55 bits per heavy atom. The predicted octanol–water partition coefficient (Wildman–Crippen LogP) is 0.237. The molecule has 1 atom stereocenters. The fourth-order valence-corrected chi connectivity index (χ4v) is 1.09. The number of aromatic hydroxyl groups is 1. The summed E-state index contributed by atoms with van der Waals surface area (Å²) < 4.78 is 63.2. The topological polar surface area (TPSA) is 181 Å². The van der Waals surface area contributed by atoms with E-state index in [2.05, 4.69) is 12.2 Å². The highest BCUT2D eigenvalue weighted by Crippen LogP contribution is 2.10. The minimum atomic E-state index is -4.67. The molecule has 0 aliphatic rings. The van der Waals surface area contributed by atoms with E-state index in [-0.39, 0.29) is 0 Å². The molecule has 0 aliphatic heterocycles. The van der Waals surface area contributed by atoms with Gasteiger partial charge in [-0.3, -0.25) is 18.2 Å². The number of phenolic OH excluding ortho intramolecular Hbond substituents is 1. The van der Waals surface area contributed by atoms with Crippen molar-refractivity contribution in [2.45, 2.75) is 19.4 Å². The Labute approximate surface area is 129 Å². The maximum atomic E-state index is 9.03. The molecule has 22 heavy (non-hydrogen) atoms. The normalized spacial score (nSPS) is 12.3. The first-order valence-corrected chi connectivity index (χ1v) is 8.36. The van der Waals surface area contributed by atoms with E-state index in [9.17, 15) is 0 Å². The predicted molar refractivity (Wildman–Crippen MR) is 78.7 cm³/mol. The Bertz CT molecular complexity index is 564. The van der Waals surface area contributed by atoms with Gasteiger partial charge in [-0.25, -0.2) is 0 Å². The van der Waals surface area contributed by atoms with Gasteiger partial charge in [0.05, 0.1) is 0 Å². The van der Waals surface area contributed by atoms with Crippen molar-refractivity contribution in [2.24, 2.45) is 0 Å². The van der Waals surface area contributed by atoms with Gasteiger partial charge in [-0.2, -0.15) is 16.8 Å². The highest BCUT2D eigenvalue weighted by molar-refractivity contribution is 7.80. The molecule has 0 fully saturated rings. The summed E-state index contributed by atoms with van der Waals surface area (Å²) in [6, 6.07) is 7.82. The van der Waals surface area contributed by atoms with E-state index in [0.717, 1.165) is 6.42 Å². The lowest BCUT2D eigenvalue weighted by Gasteiger charge is -2.09. The summed E-state index contributed by atoms with van der Waals surface area (Å²) in [7, 11) is -7.38. The third-order valence-corrected chi connectivity index (χ3v) is 1.97. The number of nitrogens with one attached hydrogen (secondary N) is 1. The molecule has 130 valence electrons. The minimum absolute atomic E-state index is 0.330. The Morgan fingerprint density at radius 1 is 0.955 bits per heavy atom. The van der Waals surface area contributed by atoms with Crippen molar-refractivity contribution >= 4 is 20.8 Å². The molecule has 0 radical (unpaired) electrons. The summed E-state index contributed by atoms with van der Waals surface area (Å²) in [5.74, 6) is 0.330. The monoisotopic (exact) mass is 361 g/mol. The van der Waals surface area contributed by atoms with E-state index in [1.807, 2.05) is 19.2 Å². The minimum Gasteiger partial charge on any atom is -0.508 e. The number of hydrogen-bond acceptors (Lipinski definition) is 6. The average Bonchev–Trinajstić information content (AvgIpc) is 2.27. The third-order valence-electron chi connectivity index (χ3n) is 1.97. The number of hydrogen-bond donors (Lipinski definition) is 6. The number of rotatable bonds is 3. The molecular formula is C10H19NO9S2. The van der Waals surface area contributed by atoms with Gasteiger partial charge in [-0.05, 0) is 38.1 Å². The van der Waals surface area contributed by atoms with E-state index in [4.69, 9.17) is 40.2 Å². The van der Waals surface area contributed by atoms with E-state index in [0.29, 0.717) is 11.8 Å². The Morgan fingerprint density at radius 2 is 1.27 bits per heavy atom. The van der Waals surface area contributed by atoms with Crippen LogP contribution in [0.25, 0.3) is 0 Å². The molecule has 0 spiro atoms. The summed E-state index contributed by atoms with van der Waals surface area (Å²) in [5.41, 5.74) is 1.25. The van der Waals surface area contributed by atoms with Crippen molar-refractivity contribution in [3.8, 4) is 5.75 Å². The largest absolute Gasteiger partial charge is 0.508 e. The van der Waals surface area contributed by atoms with Crippen molar-refractivity contribution in [2.75, 3.05) is 7.05 Å². The molecule has 0 amide bonds. The highest BCUT2D eigenvalue weighted by Gasteiger charge is 1.99. The van der Waals surface area contributed by atoms with Gasteiger partial charge in [0.15, 0.2) is 0 Å². The highest BCUT2D eigenvalue weighted by atomic mass is 32.3. The van der Waals surface area contributed by atoms with Gasteiger partial charge in [0.1, 0.15) is 5.75 Å². The van der Waals surface area contributed by atoms with Crippen molar-refractivity contribution in [1.82, 2.24) is 5.32 Å². The Hall–Kier alpha value is -1.28. The number of likely N-dealkylation sites (N-methyl/N-ethyl adjacent to an activating group) is 1. The first kappa shape index (κ1) is 23.0. The molecule has 6 N–H and O–H groups in total. The SMILES string of the molecule is CNC(C)Cc1ccc(O)cc1.O=S(=O)(O)O.O=S(=O)(O)O. The third kappa shape index (κ3) is 27.1. The molecule has 0 saturated carbocycles. The lowest BCUT2D eigenvalue weighted by atomic mass is 10.1. The van der Waals surface area contributed by atoms with Gasteiger partial charge in [-0.1, -0.05) is 12.1 Å². The van der Waals surface area contributed by atoms with Crippen LogP contribution in [-0.2, 0) is 27.2 Å². The Kier molecular flexibility index (Phi) is 10.9. The van der Waals surface area contributed by atoms with E-state index in [1.54, 1.807) is 12.1 Å². The summed E-state index contributed by atoms with van der Waals surface area (Å²) in [6.45, 7) is 2.13. The first-order chi connectivity index (χ1) is 9.72. The molecule has 10 nitrogen and oxygen atoms in total. The van der Waals surface area contributed by atoms with E-state index >= 15 is 0 Å². The molecule has 1 aromatic carbocycles. The van der Waals surface area contributed by atoms with Crippen LogP contribution >= 0.6 is 0 Å². The van der Waals surface area contributed by atoms with Crippen molar-refractivity contribution in [1.29, 1.82) is 0 Å². The zero-order valence-electron chi connectivity index (χ0n) is 11.8. The van der Waals surface area contributed by atoms with Crippen LogP contribution in [0.3, 0.4) is 0 Å². The Balaban J connectivity index is 0. The van der Waals surface area contributed by atoms with Crippen LogP contribution in [0.5, 0.6) is 5.75 Å². The smallest absolute Gasteiger partial charge is 0.394 e. The lowest BCUT2D eigenvalue weighted by molar-refractivity contribution is 0.378. The zero-order valence-corrected chi connectivity index (χ0v) is 13.4. The van der Waals surface area contributed by atoms with Crippen LogP contribution in [0.2, 0.25) is 0 Å². The molecule has 0 bridgehead atoms. The molecule has 0 aromatic heterocycles. The summed E-state index contributed by atoms with van der Waals surface area (Å²) in [4.78, 5) is 0. The fraction of sp³-hybridized carbons (Fsp3) is 0.400. The lowest BCUT2D eigenvalue weighted by Crippen LogP contribution is -2.23. The van der Waals surface area contributed by atoms with Crippen LogP contribution in [0.1, 0.15) is 12.5 Å². The average molecular weight is 361 g/mol. The van der Waals surface area contributed by atoms with E-state index < -0.39 is 20.8 Å². The van der Waals surface area contributed by atoms with Gasteiger partial charge in [-0.15, -0.1) is 0 Å². The number of phenols is 1.